The van der Waals surface area contributed by atoms with E-state index >= 15 is 0 Å². The molecule has 1 aromatic rings. The van der Waals surface area contributed by atoms with Gasteiger partial charge in [0.05, 0.1) is 6.61 Å². The van der Waals surface area contributed by atoms with E-state index in [2.05, 4.69) is 16.9 Å². The summed E-state index contributed by atoms with van der Waals surface area (Å²) in [5.74, 6) is 1.21. The molecule has 0 amide bonds. The van der Waals surface area contributed by atoms with Crippen LogP contribution >= 0.6 is 11.6 Å². The average Bonchev–Trinajstić information content (AvgIpc) is 2.74. The van der Waals surface area contributed by atoms with Crippen molar-refractivity contribution in [3.05, 3.63) is 23.4 Å². The van der Waals surface area contributed by atoms with Gasteiger partial charge in [0.2, 0.25) is 5.88 Å². The molecule has 0 aromatic carbocycles. The van der Waals surface area contributed by atoms with Gasteiger partial charge in [-0.1, -0.05) is 0 Å². The summed E-state index contributed by atoms with van der Waals surface area (Å²) in [4.78, 5) is 6.78. The molecular formula is C14H21ClN2O. The lowest BCUT2D eigenvalue weighted by Crippen LogP contribution is -2.26. The van der Waals surface area contributed by atoms with Crippen LogP contribution in [-0.4, -0.2) is 36.1 Å². The Morgan fingerprint density at radius 1 is 1.50 bits per heavy atom. The van der Waals surface area contributed by atoms with Gasteiger partial charge in [0.15, 0.2) is 0 Å². The first-order valence-electron chi connectivity index (χ1n) is 6.55. The van der Waals surface area contributed by atoms with Gasteiger partial charge in [0.1, 0.15) is 0 Å². The summed E-state index contributed by atoms with van der Waals surface area (Å²) in [5, 5.41) is 0. The van der Waals surface area contributed by atoms with Crippen LogP contribution in [0.15, 0.2) is 12.1 Å². The molecule has 0 N–H and O–H groups in total. The molecule has 0 spiro atoms. The molecule has 1 saturated heterocycles. The number of aryl methyl sites for hydroxylation is 1. The Morgan fingerprint density at radius 2 is 2.33 bits per heavy atom. The molecule has 0 saturated carbocycles. The highest BCUT2D eigenvalue weighted by Crippen LogP contribution is 2.19. The van der Waals surface area contributed by atoms with Gasteiger partial charge in [-0.15, -0.1) is 11.6 Å². The Labute approximate surface area is 114 Å². The predicted molar refractivity (Wildman–Crippen MR) is 74.3 cm³/mol. The molecule has 2 heterocycles. The molecule has 18 heavy (non-hydrogen) atoms. The van der Waals surface area contributed by atoms with Crippen molar-refractivity contribution >= 4 is 11.6 Å². The molecule has 1 fully saturated rings. The Bertz CT molecular complexity index is 397. The SMILES string of the molecule is Cc1cc(CCl)cc(OCCC2CCCN2C)n1. The van der Waals surface area contributed by atoms with E-state index in [0.29, 0.717) is 17.8 Å². The highest BCUT2D eigenvalue weighted by molar-refractivity contribution is 6.17. The molecule has 1 aliphatic rings. The van der Waals surface area contributed by atoms with Crippen molar-refractivity contribution in [3.63, 3.8) is 0 Å². The molecule has 1 aliphatic heterocycles. The second kappa shape index (κ2) is 6.39. The number of ether oxygens (including phenoxy) is 1. The summed E-state index contributed by atoms with van der Waals surface area (Å²) in [6, 6.07) is 4.59. The minimum atomic E-state index is 0.505. The number of pyridine rings is 1. The minimum absolute atomic E-state index is 0.505. The summed E-state index contributed by atoms with van der Waals surface area (Å²) in [5.41, 5.74) is 2.03. The standard InChI is InChI=1S/C14H21ClN2O/c1-11-8-12(10-15)9-14(16-11)18-7-5-13-4-3-6-17(13)2/h8-9,13H,3-7,10H2,1-2H3. The van der Waals surface area contributed by atoms with E-state index in [9.17, 15) is 0 Å². The summed E-state index contributed by atoms with van der Waals surface area (Å²) in [6.07, 6.45) is 3.66. The number of halogens is 1. The van der Waals surface area contributed by atoms with Crippen LogP contribution in [-0.2, 0) is 5.88 Å². The molecule has 1 aromatic heterocycles. The van der Waals surface area contributed by atoms with Gasteiger partial charge in [-0.05, 0) is 51.4 Å². The number of hydrogen-bond acceptors (Lipinski definition) is 3. The highest BCUT2D eigenvalue weighted by Gasteiger charge is 2.20. The van der Waals surface area contributed by atoms with Crippen LogP contribution in [0.1, 0.15) is 30.5 Å². The van der Waals surface area contributed by atoms with E-state index in [-0.39, 0.29) is 0 Å². The van der Waals surface area contributed by atoms with Gasteiger partial charge in [0.25, 0.3) is 0 Å². The van der Waals surface area contributed by atoms with Crippen LogP contribution in [0, 0.1) is 6.92 Å². The van der Waals surface area contributed by atoms with Crippen molar-refractivity contribution in [1.82, 2.24) is 9.88 Å². The van der Waals surface area contributed by atoms with Gasteiger partial charge < -0.3 is 9.64 Å². The lowest BCUT2D eigenvalue weighted by molar-refractivity contribution is 0.228. The Kier molecular flexibility index (Phi) is 4.84. The van der Waals surface area contributed by atoms with Crippen molar-refractivity contribution in [2.24, 2.45) is 0 Å². The zero-order valence-electron chi connectivity index (χ0n) is 11.2. The van der Waals surface area contributed by atoms with Gasteiger partial charge in [-0.2, -0.15) is 0 Å². The van der Waals surface area contributed by atoms with Crippen molar-refractivity contribution in [3.8, 4) is 5.88 Å². The van der Waals surface area contributed by atoms with Gasteiger partial charge in [-0.25, -0.2) is 4.98 Å². The maximum absolute atomic E-state index is 5.84. The lowest BCUT2D eigenvalue weighted by Gasteiger charge is -2.19. The zero-order valence-corrected chi connectivity index (χ0v) is 11.9. The fourth-order valence-corrected chi connectivity index (χ4v) is 2.66. The molecule has 4 heteroatoms. The van der Waals surface area contributed by atoms with Gasteiger partial charge in [-0.3, -0.25) is 0 Å². The molecule has 1 unspecified atom stereocenters. The molecule has 1 atom stereocenters. The van der Waals surface area contributed by atoms with E-state index in [1.54, 1.807) is 0 Å². The maximum Gasteiger partial charge on any atom is 0.213 e. The quantitative estimate of drug-likeness (QED) is 0.768. The zero-order chi connectivity index (χ0) is 13.0. The molecular weight excluding hydrogens is 248 g/mol. The third-order valence-electron chi connectivity index (χ3n) is 3.52. The number of rotatable bonds is 5. The van der Waals surface area contributed by atoms with E-state index in [1.807, 2.05) is 19.1 Å². The topological polar surface area (TPSA) is 25.4 Å². The first-order valence-corrected chi connectivity index (χ1v) is 7.09. The van der Waals surface area contributed by atoms with Gasteiger partial charge in [0, 0.05) is 23.7 Å². The fourth-order valence-electron chi connectivity index (χ4n) is 2.50. The van der Waals surface area contributed by atoms with Crippen LogP contribution in [0.2, 0.25) is 0 Å². The number of likely N-dealkylation sites (tertiary alicyclic amines) is 1. The van der Waals surface area contributed by atoms with Crippen molar-refractivity contribution in [2.75, 3.05) is 20.2 Å². The first-order chi connectivity index (χ1) is 8.69. The van der Waals surface area contributed by atoms with Crippen LogP contribution in [0.5, 0.6) is 5.88 Å². The first kappa shape index (κ1) is 13.6. The van der Waals surface area contributed by atoms with E-state index in [4.69, 9.17) is 16.3 Å². The smallest absolute Gasteiger partial charge is 0.213 e. The summed E-state index contributed by atoms with van der Waals surface area (Å²) in [6.45, 7) is 3.91. The number of alkyl halides is 1. The van der Waals surface area contributed by atoms with Crippen molar-refractivity contribution in [2.45, 2.75) is 38.1 Å². The average molecular weight is 269 g/mol. The Hall–Kier alpha value is -0.800. The number of hydrogen-bond donors (Lipinski definition) is 0. The van der Waals surface area contributed by atoms with Crippen LogP contribution < -0.4 is 4.74 Å². The van der Waals surface area contributed by atoms with Crippen LogP contribution in [0.4, 0.5) is 0 Å². The number of aromatic nitrogens is 1. The van der Waals surface area contributed by atoms with Crippen molar-refractivity contribution < 1.29 is 4.74 Å². The molecule has 100 valence electrons. The fraction of sp³-hybridized carbons (Fsp3) is 0.643. The molecule has 0 radical (unpaired) electrons. The molecule has 0 aliphatic carbocycles. The van der Waals surface area contributed by atoms with Crippen LogP contribution in [0.3, 0.4) is 0 Å². The third-order valence-corrected chi connectivity index (χ3v) is 3.83. The molecule has 3 nitrogen and oxygen atoms in total. The Morgan fingerprint density at radius 3 is 3.00 bits per heavy atom. The third kappa shape index (κ3) is 3.59. The summed E-state index contributed by atoms with van der Waals surface area (Å²) in [7, 11) is 2.19. The van der Waals surface area contributed by atoms with Gasteiger partial charge >= 0.3 is 0 Å². The molecule has 2 rings (SSSR count). The maximum atomic E-state index is 5.84. The van der Waals surface area contributed by atoms with E-state index in [1.165, 1.54) is 19.4 Å². The van der Waals surface area contributed by atoms with Crippen molar-refractivity contribution in [1.29, 1.82) is 0 Å². The largest absolute Gasteiger partial charge is 0.478 e. The summed E-state index contributed by atoms with van der Waals surface area (Å²) < 4.78 is 5.74. The minimum Gasteiger partial charge on any atom is -0.478 e. The Balaban J connectivity index is 1.84. The second-order valence-electron chi connectivity index (χ2n) is 5.00. The monoisotopic (exact) mass is 268 g/mol. The highest BCUT2D eigenvalue weighted by atomic mass is 35.5. The lowest BCUT2D eigenvalue weighted by atomic mass is 10.1. The van der Waals surface area contributed by atoms with E-state index in [0.717, 1.165) is 24.3 Å². The number of nitrogens with zero attached hydrogens (tertiary/aromatic N) is 2. The van der Waals surface area contributed by atoms with Crippen LogP contribution in [0.25, 0.3) is 0 Å². The summed E-state index contributed by atoms with van der Waals surface area (Å²) >= 11 is 5.84. The normalized spacial score (nSPS) is 20.3. The predicted octanol–water partition coefficient (Wildman–Crippen LogP) is 2.99. The van der Waals surface area contributed by atoms with E-state index < -0.39 is 0 Å². The second-order valence-corrected chi connectivity index (χ2v) is 5.27. The molecule has 0 bridgehead atoms.